The molecule has 0 saturated heterocycles. The van der Waals surface area contributed by atoms with Gasteiger partial charge in [0.25, 0.3) is 0 Å². The predicted molar refractivity (Wildman–Crippen MR) is 73.0 cm³/mol. The Balaban J connectivity index is 2.91. The molecular formula is C13H13ClN2O3. The van der Waals surface area contributed by atoms with Gasteiger partial charge in [-0.2, -0.15) is 0 Å². The predicted octanol–water partition coefficient (Wildman–Crippen LogP) is 2.22. The van der Waals surface area contributed by atoms with Crippen LogP contribution in [0.15, 0.2) is 12.1 Å². The normalized spacial score (nSPS) is 10.9. The zero-order valence-corrected chi connectivity index (χ0v) is 11.0. The number of aromatic carboxylic acids is 1. The topological polar surface area (TPSA) is 96.2 Å². The van der Waals surface area contributed by atoms with E-state index in [0.717, 1.165) is 0 Å². The number of carboxylic acids is 1. The second kappa shape index (κ2) is 5.03. The summed E-state index contributed by atoms with van der Waals surface area (Å²) in [6, 6.07) is 3.18. The van der Waals surface area contributed by atoms with E-state index >= 15 is 0 Å². The first kappa shape index (κ1) is 13.6. The minimum Gasteiger partial charge on any atom is -0.477 e. The summed E-state index contributed by atoms with van der Waals surface area (Å²) in [5, 5.41) is 10.2. The fourth-order valence-electron chi connectivity index (χ4n) is 2.21. The molecule has 0 radical (unpaired) electrons. The van der Waals surface area contributed by atoms with Crippen molar-refractivity contribution in [1.82, 2.24) is 4.98 Å². The molecule has 1 aromatic heterocycles. The van der Waals surface area contributed by atoms with E-state index in [1.54, 1.807) is 12.1 Å². The average Bonchev–Trinajstić information content (AvgIpc) is 2.71. The molecule has 5 nitrogen and oxygen atoms in total. The molecule has 0 aliphatic heterocycles. The van der Waals surface area contributed by atoms with Crippen LogP contribution >= 0.6 is 11.6 Å². The number of hydrogen-bond donors (Lipinski definition) is 3. The smallest absolute Gasteiger partial charge is 0.352 e. The summed E-state index contributed by atoms with van der Waals surface area (Å²) >= 11 is 6.06. The summed E-state index contributed by atoms with van der Waals surface area (Å²) < 4.78 is 0. The van der Waals surface area contributed by atoms with Crippen LogP contribution in [0.1, 0.15) is 33.3 Å². The van der Waals surface area contributed by atoms with Crippen LogP contribution in [-0.4, -0.2) is 28.4 Å². The molecule has 100 valence electrons. The molecule has 19 heavy (non-hydrogen) atoms. The van der Waals surface area contributed by atoms with Gasteiger partial charge in [0.1, 0.15) is 5.69 Å². The lowest BCUT2D eigenvalue weighted by Gasteiger charge is -2.04. The van der Waals surface area contributed by atoms with Crippen LogP contribution in [0.5, 0.6) is 0 Å². The van der Waals surface area contributed by atoms with E-state index in [1.807, 2.05) is 0 Å². The maximum atomic E-state index is 11.7. The van der Waals surface area contributed by atoms with Gasteiger partial charge in [-0.15, -0.1) is 0 Å². The lowest BCUT2D eigenvalue weighted by Crippen LogP contribution is -2.08. The highest BCUT2D eigenvalue weighted by atomic mass is 35.5. The molecule has 2 aromatic rings. The van der Waals surface area contributed by atoms with Crippen LogP contribution in [-0.2, 0) is 6.42 Å². The van der Waals surface area contributed by atoms with E-state index in [1.165, 1.54) is 6.92 Å². The van der Waals surface area contributed by atoms with E-state index in [-0.39, 0.29) is 18.0 Å². The fourth-order valence-corrected chi connectivity index (χ4v) is 2.41. The Morgan fingerprint density at radius 1 is 1.42 bits per heavy atom. The first-order chi connectivity index (χ1) is 8.97. The number of halogens is 1. The van der Waals surface area contributed by atoms with Gasteiger partial charge >= 0.3 is 5.97 Å². The van der Waals surface area contributed by atoms with Crippen molar-refractivity contribution in [3.8, 4) is 0 Å². The van der Waals surface area contributed by atoms with Gasteiger partial charge in [0.05, 0.1) is 10.5 Å². The van der Waals surface area contributed by atoms with Gasteiger partial charge in [0, 0.05) is 10.9 Å². The maximum absolute atomic E-state index is 11.7. The number of benzene rings is 1. The fraction of sp³-hybridized carbons (Fsp3) is 0.231. The zero-order valence-electron chi connectivity index (χ0n) is 10.3. The van der Waals surface area contributed by atoms with Gasteiger partial charge in [-0.25, -0.2) is 4.79 Å². The van der Waals surface area contributed by atoms with Crippen molar-refractivity contribution in [2.24, 2.45) is 5.73 Å². The third-order valence-electron chi connectivity index (χ3n) is 3.00. The van der Waals surface area contributed by atoms with Gasteiger partial charge in [0.15, 0.2) is 5.78 Å². The van der Waals surface area contributed by atoms with Crippen LogP contribution < -0.4 is 5.73 Å². The SMILES string of the molecule is CC(=O)c1ccc(Cl)c2[nH]c(C(=O)O)c(CCN)c12. The number of fused-ring (bicyclic) bond motifs is 1. The Kier molecular flexibility index (Phi) is 3.59. The quantitative estimate of drug-likeness (QED) is 0.748. The number of carbonyl (C=O) groups excluding carboxylic acids is 1. The molecule has 1 aromatic carbocycles. The minimum absolute atomic E-state index is 0.0380. The van der Waals surface area contributed by atoms with E-state index in [0.29, 0.717) is 33.5 Å². The number of carboxylic acid groups (broad SMARTS) is 1. The molecule has 4 N–H and O–H groups in total. The number of nitrogens with one attached hydrogen (secondary N) is 1. The van der Waals surface area contributed by atoms with Gasteiger partial charge in [0.2, 0.25) is 0 Å². The van der Waals surface area contributed by atoms with Crippen LogP contribution in [0.25, 0.3) is 10.9 Å². The van der Waals surface area contributed by atoms with Crippen LogP contribution in [0, 0.1) is 0 Å². The summed E-state index contributed by atoms with van der Waals surface area (Å²) in [7, 11) is 0. The van der Waals surface area contributed by atoms with E-state index in [9.17, 15) is 14.7 Å². The van der Waals surface area contributed by atoms with E-state index in [2.05, 4.69) is 4.98 Å². The monoisotopic (exact) mass is 280 g/mol. The number of Topliss-reactive ketones (excluding diaryl/α,β-unsaturated/α-hetero) is 1. The molecule has 1 heterocycles. The Hall–Kier alpha value is -1.85. The summed E-state index contributed by atoms with van der Waals surface area (Å²) in [5.74, 6) is -1.24. The maximum Gasteiger partial charge on any atom is 0.352 e. The van der Waals surface area contributed by atoms with Crippen molar-refractivity contribution in [2.75, 3.05) is 6.54 Å². The standard InChI is InChI=1S/C13H13ClN2O3/c1-6(17)7-2-3-9(14)12-10(7)8(4-5-15)11(16-12)13(18)19/h2-3,16H,4-5,15H2,1H3,(H,18,19). The molecule has 0 aliphatic carbocycles. The van der Waals surface area contributed by atoms with E-state index < -0.39 is 5.97 Å². The third-order valence-corrected chi connectivity index (χ3v) is 3.31. The Labute approximate surface area is 114 Å². The summed E-state index contributed by atoms with van der Waals surface area (Å²) in [6.45, 7) is 1.72. The molecule has 0 fully saturated rings. The molecule has 0 atom stereocenters. The van der Waals surface area contributed by atoms with Gasteiger partial charge in [-0.3, -0.25) is 4.79 Å². The second-order valence-electron chi connectivity index (χ2n) is 4.22. The molecule has 0 spiro atoms. The number of ketones is 1. The zero-order chi connectivity index (χ0) is 14.2. The summed E-state index contributed by atoms with van der Waals surface area (Å²) in [4.78, 5) is 25.7. The number of H-pyrrole nitrogens is 1. The Bertz CT molecular complexity index is 676. The molecule has 0 amide bonds. The van der Waals surface area contributed by atoms with Crippen LogP contribution in [0.2, 0.25) is 5.02 Å². The highest BCUT2D eigenvalue weighted by Gasteiger charge is 2.21. The lowest BCUT2D eigenvalue weighted by molar-refractivity contribution is 0.0690. The molecule has 6 heteroatoms. The Morgan fingerprint density at radius 2 is 2.11 bits per heavy atom. The van der Waals surface area contributed by atoms with Crippen LogP contribution in [0.4, 0.5) is 0 Å². The lowest BCUT2D eigenvalue weighted by atomic mass is 10.00. The van der Waals surface area contributed by atoms with Gasteiger partial charge in [-0.1, -0.05) is 11.6 Å². The first-order valence-corrected chi connectivity index (χ1v) is 6.12. The van der Waals surface area contributed by atoms with Gasteiger partial charge in [-0.05, 0) is 37.6 Å². The minimum atomic E-state index is -1.09. The number of rotatable bonds is 4. The number of nitrogens with two attached hydrogens (primary N) is 1. The number of aromatic amines is 1. The molecule has 2 rings (SSSR count). The molecule has 0 unspecified atom stereocenters. The van der Waals surface area contributed by atoms with Crippen molar-refractivity contribution in [1.29, 1.82) is 0 Å². The van der Waals surface area contributed by atoms with Gasteiger partial charge < -0.3 is 15.8 Å². The van der Waals surface area contributed by atoms with Crippen molar-refractivity contribution in [3.63, 3.8) is 0 Å². The van der Waals surface area contributed by atoms with Crippen molar-refractivity contribution < 1.29 is 14.7 Å². The average molecular weight is 281 g/mol. The first-order valence-electron chi connectivity index (χ1n) is 5.74. The van der Waals surface area contributed by atoms with E-state index in [4.69, 9.17) is 17.3 Å². The largest absolute Gasteiger partial charge is 0.477 e. The molecule has 0 bridgehead atoms. The van der Waals surface area contributed by atoms with Crippen molar-refractivity contribution in [3.05, 3.63) is 34.0 Å². The summed E-state index contributed by atoms with van der Waals surface area (Å²) in [5.41, 5.74) is 7.00. The second-order valence-corrected chi connectivity index (χ2v) is 4.63. The number of hydrogen-bond acceptors (Lipinski definition) is 3. The van der Waals surface area contributed by atoms with Crippen molar-refractivity contribution in [2.45, 2.75) is 13.3 Å². The highest BCUT2D eigenvalue weighted by molar-refractivity contribution is 6.36. The molecular weight excluding hydrogens is 268 g/mol. The molecule has 0 saturated carbocycles. The van der Waals surface area contributed by atoms with Crippen molar-refractivity contribution >= 4 is 34.3 Å². The summed E-state index contributed by atoms with van der Waals surface area (Å²) in [6.07, 6.45) is 0.363. The number of aromatic nitrogens is 1. The van der Waals surface area contributed by atoms with Crippen LogP contribution in [0.3, 0.4) is 0 Å². The third kappa shape index (κ3) is 2.22. The number of carbonyl (C=O) groups is 2. The molecule has 0 aliphatic rings. The Morgan fingerprint density at radius 3 is 2.63 bits per heavy atom. The highest BCUT2D eigenvalue weighted by Crippen LogP contribution is 2.32.